The SMILES string of the molecule is CC1(C)CC(=O)c2ccc(-c3ncc(-c4cccc(C#N)c4)o3)nc2C1. The fourth-order valence-corrected chi connectivity index (χ4v) is 3.32. The van der Waals surface area contributed by atoms with Gasteiger partial charge in [-0.15, -0.1) is 0 Å². The molecule has 26 heavy (non-hydrogen) atoms. The van der Waals surface area contributed by atoms with Crippen molar-refractivity contribution in [3.05, 3.63) is 59.4 Å². The van der Waals surface area contributed by atoms with E-state index >= 15 is 0 Å². The topological polar surface area (TPSA) is 79.8 Å². The zero-order valence-electron chi connectivity index (χ0n) is 14.6. The van der Waals surface area contributed by atoms with Crippen LogP contribution in [0, 0.1) is 16.7 Å². The van der Waals surface area contributed by atoms with Crippen molar-refractivity contribution in [1.82, 2.24) is 9.97 Å². The lowest BCUT2D eigenvalue weighted by Crippen LogP contribution is -2.27. The summed E-state index contributed by atoms with van der Waals surface area (Å²) in [6.07, 6.45) is 2.92. The average molecular weight is 343 g/mol. The van der Waals surface area contributed by atoms with E-state index in [-0.39, 0.29) is 11.2 Å². The van der Waals surface area contributed by atoms with Crippen LogP contribution in [-0.4, -0.2) is 15.8 Å². The number of pyridine rings is 1. The van der Waals surface area contributed by atoms with Gasteiger partial charge in [0.1, 0.15) is 5.69 Å². The second-order valence-electron chi connectivity index (χ2n) is 7.35. The first kappa shape index (κ1) is 16.2. The number of rotatable bonds is 2. The first-order valence-electron chi connectivity index (χ1n) is 8.45. The molecule has 2 aromatic heterocycles. The maximum absolute atomic E-state index is 12.3. The Morgan fingerprint density at radius 2 is 2.04 bits per heavy atom. The molecule has 5 heteroatoms. The highest BCUT2D eigenvalue weighted by atomic mass is 16.4. The van der Waals surface area contributed by atoms with Crippen LogP contribution in [-0.2, 0) is 6.42 Å². The molecular formula is C21H17N3O2. The van der Waals surface area contributed by atoms with E-state index in [1.165, 1.54) is 0 Å². The minimum absolute atomic E-state index is 0.0881. The number of Topliss-reactive ketones (excluding diaryl/α,β-unsaturated/α-hetero) is 1. The largest absolute Gasteiger partial charge is 0.435 e. The first-order chi connectivity index (χ1) is 12.4. The normalized spacial score (nSPS) is 15.3. The lowest BCUT2D eigenvalue weighted by atomic mass is 9.75. The van der Waals surface area contributed by atoms with E-state index in [4.69, 9.17) is 9.68 Å². The zero-order valence-corrected chi connectivity index (χ0v) is 14.6. The van der Waals surface area contributed by atoms with Crippen molar-refractivity contribution in [2.24, 2.45) is 5.41 Å². The highest BCUT2D eigenvalue weighted by molar-refractivity contribution is 5.98. The number of nitrogens with zero attached hydrogens (tertiary/aromatic N) is 3. The average Bonchev–Trinajstić information content (AvgIpc) is 3.10. The molecule has 0 radical (unpaired) electrons. The Morgan fingerprint density at radius 1 is 1.19 bits per heavy atom. The molecule has 0 saturated heterocycles. The fourth-order valence-electron chi connectivity index (χ4n) is 3.32. The molecule has 0 fully saturated rings. The van der Waals surface area contributed by atoms with Crippen molar-refractivity contribution in [3.8, 4) is 29.0 Å². The Hall–Kier alpha value is -3.26. The maximum Gasteiger partial charge on any atom is 0.245 e. The molecule has 0 bridgehead atoms. The smallest absolute Gasteiger partial charge is 0.245 e. The molecule has 3 aromatic rings. The number of hydrogen-bond donors (Lipinski definition) is 0. The molecule has 2 heterocycles. The summed E-state index contributed by atoms with van der Waals surface area (Å²) in [5.41, 5.74) is 3.37. The van der Waals surface area contributed by atoms with Gasteiger partial charge in [0.2, 0.25) is 5.89 Å². The molecule has 1 aliphatic rings. The molecule has 1 aliphatic carbocycles. The third-order valence-electron chi connectivity index (χ3n) is 4.56. The Bertz CT molecular complexity index is 1060. The van der Waals surface area contributed by atoms with Crippen LogP contribution in [0.1, 0.15) is 41.9 Å². The maximum atomic E-state index is 12.3. The Labute approximate surface area is 151 Å². The summed E-state index contributed by atoms with van der Waals surface area (Å²) in [5, 5.41) is 9.03. The number of fused-ring (bicyclic) bond motifs is 1. The molecule has 1 aromatic carbocycles. The predicted octanol–water partition coefficient (Wildman–Crippen LogP) is 4.43. The van der Waals surface area contributed by atoms with E-state index in [0.717, 1.165) is 17.7 Å². The number of aromatic nitrogens is 2. The zero-order chi connectivity index (χ0) is 18.3. The van der Waals surface area contributed by atoms with E-state index in [1.54, 1.807) is 30.5 Å². The summed E-state index contributed by atoms with van der Waals surface area (Å²) < 4.78 is 5.86. The van der Waals surface area contributed by atoms with Gasteiger partial charge in [0, 0.05) is 17.5 Å². The lowest BCUT2D eigenvalue weighted by Gasteiger charge is -2.29. The molecule has 0 spiro atoms. The molecular weight excluding hydrogens is 326 g/mol. The third-order valence-corrected chi connectivity index (χ3v) is 4.56. The molecule has 4 rings (SSSR count). The van der Waals surface area contributed by atoms with Crippen LogP contribution >= 0.6 is 0 Å². The second kappa shape index (κ2) is 5.92. The summed E-state index contributed by atoms with van der Waals surface area (Å²) in [6.45, 7) is 4.15. The van der Waals surface area contributed by atoms with Gasteiger partial charge in [-0.05, 0) is 36.1 Å². The predicted molar refractivity (Wildman–Crippen MR) is 96.3 cm³/mol. The third kappa shape index (κ3) is 2.91. The first-order valence-corrected chi connectivity index (χ1v) is 8.45. The molecule has 0 N–H and O–H groups in total. The molecule has 5 nitrogen and oxygen atoms in total. The van der Waals surface area contributed by atoms with Crippen LogP contribution in [0.3, 0.4) is 0 Å². The summed E-state index contributed by atoms with van der Waals surface area (Å²) in [4.78, 5) is 21.3. The number of carbonyl (C=O) groups excluding carboxylic acids is 1. The van der Waals surface area contributed by atoms with Gasteiger partial charge in [-0.3, -0.25) is 4.79 Å². The molecule has 0 saturated carbocycles. The Balaban J connectivity index is 1.70. The Morgan fingerprint density at radius 3 is 2.85 bits per heavy atom. The standard InChI is InChI=1S/C21H17N3O2/c1-21(2)9-17-15(18(25)10-21)6-7-16(24-17)20-23-12-19(26-20)14-5-3-4-13(8-14)11-22/h3-8,12H,9-10H2,1-2H3. The molecule has 0 unspecified atom stereocenters. The van der Waals surface area contributed by atoms with Gasteiger partial charge < -0.3 is 4.42 Å². The van der Waals surface area contributed by atoms with E-state index in [0.29, 0.717) is 34.9 Å². The van der Waals surface area contributed by atoms with Gasteiger partial charge in [0.25, 0.3) is 0 Å². The number of hydrogen-bond acceptors (Lipinski definition) is 5. The van der Waals surface area contributed by atoms with Crippen LogP contribution in [0.5, 0.6) is 0 Å². The van der Waals surface area contributed by atoms with E-state index in [2.05, 4.69) is 29.9 Å². The highest BCUT2D eigenvalue weighted by Gasteiger charge is 2.32. The van der Waals surface area contributed by atoms with Crippen LogP contribution in [0.25, 0.3) is 22.9 Å². The lowest BCUT2D eigenvalue weighted by molar-refractivity contribution is 0.0910. The number of nitriles is 1. The van der Waals surface area contributed by atoms with Gasteiger partial charge in [-0.25, -0.2) is 9.97 Å². The minimum atomic E-state index is -0.0881. The van der Waals surface area contributed by atoms with Crippen molar-refractivity contribution in [2.75, 3.05) is 0 Å². The van der Waals surface area contributed by atoms with Crippen LogP contribution < -0.4 is 0 Å². The van der Waals surface area contributed by atoms with E-state index in [9.17, 15) is 4.79 Å². The Kier molecular flexibility index (Phi) is 3.69. The molecule has 0 atom stereocenters. The van der Waals surface area contributed by atoms with Crippen molar-refractivity contribution < 1.29 is 9.21 Å². The number of ketones is 1. The second-order valence-corrected chi connectivity index (χ2v) is 7.35. The van der Waals surface area contributed by atoms with Gasteiger partial charge in [0.15, 0.2) is 11.5 Å². The fraction of sp³-hybridized carbons (Fsp3) is 0.238. The van der Waals surface area contributed by atoms with Crippen molar-refractivity contribution in [2.45, 2.75) is 26.7 Å². The molecule has 0 amide bonds. The molecule has 128 valence electrons. The van der Waals surface area contributed by atoms with Crippen molar-refractivity contribution in [1.29, 1.82) is 5.26 Å². The van der Waals surface area contributed by atoms with Crippen molar-refractivity contribution >= 4 is 5.78 Å². The van der Waals surface area contributed by atoms with Gasteiger partial charge in [-0.2, -0.15) is 5.26 Å². The van der Waals surface area contributed by atoms with Crippen molar-refractivity contribution in [3.63, 3.8) is 0 Å². The van der Waals surface area contributed by atoms with E-state index < -0.39 is 0 Å². The van der Waals surface area contributed by atoms with Gasteiger partial charge >= 0.3 is 0 Å². The highest BCUT2D eigenvalue weighted by Crippen LogP contribution is 2.35. The number of oxazole rings is 1. The van der Waals surface area contributed by atoms with Crippen LogP contribution in [0.2, 0.25) is 0 Å². The van der Waals surface area contributed by atoms with Crippen LogP contribution in [0.15, 0.2) is 47.0 Å². The minimum Gasteiger partial charge on any atom is -0.435 e. The van der Waals surface area contributed by atoms with Gasteiger partial charge in [0.05, 0.1) is 23.5 Å². The quantitative estimate of drug-likeness (QED) is 0.687. The molecule has 0 aliphatic heterocycles. The number of carbonyl (C=O) groups is 1. The summed E-state index contributed by atoms with van der Waals surface area (Å²) in [7, 11) is 0. The summed E-state index contributed by atoms with van der Waals surface area (Å²) in [6, 6.07) is 12.9. The van der Waals surface area contributed by atoms with Crippen LogP contribution in [0.4, 0.5) is 0 Å². The van der Waals surface area contributed by atoms with E-state index in [1.807, 2.05) is 12.1 Å². The summed E-state index contributed by atoms with van der Waals surface area (Å²) in [5.74, 6) is 1.12. The monoisotopic (exact) mass is 343 g/mol. The summed E-state index contributed by atoms with van der Waals surface area (Å²) >= 11 is 0. The van der Waals surface area contributed by atoms with Gasteiger partial charge in [-0.1, -0.05) is 26.0 Å². The number of benzene rings is 1.